The third-order valence-corrected chi connectivity index (χ3v) is 3.88. The van der Waals surface area contributed by atoms with Crippen LogP contribution in [-0.4, -0.2) is 45.3 Å². The van der Waals surface area contributed by atoms with Gasteiger partial charge in [-0.15, -0.1) is 11.8 Å². The van der Waals surface area contributed by atoms with E-state index < -0.39 is 16.5 Å². The molecule has 0 aromatic rings. The fraction of sp³-hybridized carbons (Fsp3) is 0.667. The zero-order valence-electron chi connectivity index (χ0n) is 8.60. The van der Waals surface area contributed by atoms with Crippen LogP contribution in [0.3, 0.4) is 0 Å². The van der Waals surface area contributed by atoms with Crippen LogP contribution < -0.4 is 0 Å². The van der Waals surface area contributed by atoms with Crippen molar-refractivity contribution in [3.8, 4) is 0 Å². The minimum atomic E-state index is -0.933. The first-order chi connectivity index (χ1) is 6.97. The first kappa shape index (κ1) is 12.0. The first-order valence-electron chi connectivity index (χ1n) is 4.66. The van der Waals surface area contributed by atoms with Gasteiger partial charge in [-0.25, -0.2) is 0 Å². The molecule has 0 bridgehead atoms. The van der Waals surface area contributed by atoms with E-state index in [1.54, 1.807) is 6.92 Å². The fourth-order valence-corrected chi connectivity index (χ4v) is 2.57. The molecule has 0 spiro atoms. The molecule has 15 heavy (non-hydrogen) atoms. The number of carbonyl (C=O) groups excluding carboxylic acids is 2. The average Bonchev–Trinajstić information content (AvgIpc) is 2.42. The van der Waals surface area contributed by atoms with Crippen LogP contribution in [0.2, 0.25) is 0 Å². The maximum Gasteiger partial charge on any atom is 0.316 e. The summed E-state index contributed by atoms with van der Waals surface area (Å²) in [5, 5.41) is 7.68. The van der Waals surface area contributed by atoms with Gasteiger partial charge in [-0.2, -0.15) is 0 Å². The molecule has 0 radical (unpaired) electrons. The van der Waals surface area contributed by atoms with E-state index in [0.29, 0.717) is 6.42 Å². The number of rotatable bonds is 4. The summed E-state index contributed by atoms with van der Waals surface area (Å²) in [7, 11) is 1.42. The molecule has 1 fully saturated rings. The van der Waals surface area contributed by atoms with Gasteiger partial charge in [0.2, 0.25) is 11.8 Å². The van der Waals surface area contributed by atoms with Crippen molar-refractivity contribution in [2.24, 2.45) is 0 Å². The molecule has 84 valence electrons. The van der Waals surface area contributed by atoms with Crippen molar-refractivity contribution in [3.63, 3.8) is 0 Å². The van der Waals surface area contributed by atoms with E-state index in [4.69, 9.17) is 5.11 Å². The van der Waals surface area contributed by atoms with Crippen molar-refractivity contribution in [1.29, 1.82) is 0 Å². The number of likely N-dealkylation sites (tertiary alicyclic amines) is 1. The Labute approximate surface area is 91.8 Å². The van der Waals surface area contributed by atoms with Gasteiger partial charge in [0.1, 0.15) is 5.25 Å². The van der Waals surface area contributed by atoms with Crippen molar-refractivity contribution >= 4 is 29.5 Å². The van der Waals surface area contributed by atoms with E-state index in [1.807, 2.05) is 0 Å². The van der Waals surface area contributed by atoms with Gasteiger partial charge in [-0.3, -0.25) is 19.3 Å². The lowest BCUT2D eigenvalue weighted by molar-refractivity contribution is -0.137. The van der Waals surface area contributed by atoms with Crippen LogP contribution in [0.4, 0.5) is 0 Å². The van der Waals surface area contributed by atoms with E-state index >= 15 is 0 Å². The third kappa shape index (κ3) is 2.50. The molecule has 1 saturated heterocycles. The summed E-state index contributed by atoms with van der Waals surface area (Å²) in [4.78, 5) is 34.5. The van der Waals surface area contributed by atoms with Gasteiger partial charge in [-0.1, -0.05) is 6.92 Å². The van der Waals surface area contributed by atoms with E-state index in [-0.39, 0.29) is 18.2 Å². The normalized spacial score (nSPS) is 23.3. The summed E-state index contributed by atoms with van der Waals surface area (Å²) < 4.78 is 0. The third-order valence-electron chi connectivity index (χ3n) is 2.31. The van der Waals surface area contributed by atoms with Crippen molar-refractivity contribution in [1.82, 2.24) is 4.90 Å². The molecule has 1 N–H and O–H groups in total. The predicted molar refractivity (Wildman–Crippen MR) is 55.5 cm³/mol. The minimum absolute atomic E-state index is 0.115. The van der Waals surface area contributed by atoms with Crippen LogP contribution in [-0.2, 0) is 14.4 Å². The molecular formula is C9H13NO4S. The van der Waals surface area contributed by atoms with Crippen molar-refractivity contribution in [2.45, 2.75) is 30.3 Å². The van der Waals surface area contributed by atoms with E-state index in [1.165, 1.54) is 7.05 Å². The number of thioether (sulfide) groups is 1. The van der Waals surface area contributed by atoms with Crippen LogP contribution in [0.15, 0.2) is 0 Å². The molecule has 6 heteroatoms. The van der Waals surface area contributed by atoms with Crippen LogP contribution in [0, 0.1) is 0 Å². The molecule has 2 atom stereocenters. The highest BCUT2D eigenvalue weighted by molar-refractivity contribution is 8.01. The van der Waals surface area contributed by atoms with Crippen molar-refractivity contribution in [2.75, 3.05) is 7.05 Å². The van der Waals surface area contributed by atoms with Gasteiger partial charge in [0, 0.05) is 13.5 Å². The second kappa shape index (κ2) is 4.65. The lowest BCUT2D eigenvalue weighted by atomic mass is 10.3. The molecule has 1 aliphatic rings. The summed E-state index contributed by atoms with van der Waals surface area (Å²) >= 11 is 1.06. The Morgan fingerprint density at radius 3 is 2.60 bits per heavy atom. The van der Waals surface area contributed by atoms with Gasteiger partial charge >= 0.3 is 5.97 Å². The summed E-state index contributed by atoms with van der Waals surface area (Å²) in [5.74, 6) is -1.46. The highest BCUT2D eigenvalue weighted by Crippen LogP contribution is 2.29. The van der Waals surface area contributed by atoms with Crippen molar-refractivity contribution in [3.05, 3.63) is 0 Å². The van der Waals surface area contributed by atoms with Crippen molar-refractivity contribution < 1.29 is 19.5 Å². The van der Waals surface area contributed by atoms with Crippen LogP contribution in [0.5, 0.6) is 0 Å². The molecule has 2 amide bonds. The number of hydrogen-bond donors (Lipinski definition) is 1. The fourth-order valence-electron chi connectivity index (χ4n) is 1.36. The quantitative estimate of drug-likeness (QED) is 0.706. The Kier molecular flexibility index (Phi) is 3.73. The predicted octanol–water partition coefficient (Wildman–Crippen LogP) is 0.340. The zero-order valence-corrected chi connectivity index (χ0v) is 9.41. The SMILES string of the molecule is CCC(SC1CC(=O)N(C)C1=O)C(=O)O. The summed E-state index contributed by atoms with van der Waals surface area (Å²) in [6, 6.07) is 0. The zero-order chi connectivity index (χ0) is 11.6. The van der Waals surface area contributed by atoms with E-state index in [9.17, 15) is 14.4 Å². The minimum Gasteiger partial charge on any atom is -0.480 e. The molecule has 5 nitrogen and oxygen atoms in total. The summed E-state index contributed by atoms with van der Waals surface area (Å²) in [6.45, 7) is 1.75. The average molecular weight is 231 g/mol. The first-order valence-corrected chi connectivity index (χ1v) is 5.60. The lowest BCUT2D eigenvalue weighted by Gasteiger charge is -2.13. The smallest absolute Gasteiger partial charge is 0.316 e. The second-order valence-electron chi connectivity index (χ2n) is 3.35. The molecule has 0 aliphatic carbocycles. The maximum absolute atomic E-state index is 11.5. The van der Waals surface area contributed by atoms with Gasteiger partial charge < -0.3 is 5.11 Å². The van der Waals surface area contributed by atoms with Gasteiger partial charge in [0.05, 0.1) is 5.25 Å². The Bertz CT molecular complexity index is 304. The Balaban J connectivity index is 2.63. The number of carboxylic acids is 1. The Morgan fingerprint density at radius 1 is 1.67 bits per heavy atom. The van der Waals surface area contributed by atoms with Crippen LogP contribution >= 0.6 is 11.8 Å². The Morgan fingerprint density at radius 2 is 2.27 bits per heavy atom. The number of imide groups is 1. The summed E-state index contributed by atoms with van der Waals surface area (Å²) in [6.07, 6.45) is 0.561. The highest BCUT2D eigenvalue weighted by atomic mass is 32.2. The van der Waals surface area contributed by atoms with Gasteiger partial charge in [0.25, 0.3) is 0 Å². The molecule has 0 aromatic carbocycles. The Hall–Kier alpha value is -1.04. The molecular weight excluding hydrogens is 218 g/mol. The standard InChI is InChI=1S/C9H13NO4S/c1-3-5(9(13)14)15-6-4-7(11)10(2)8(6)12/h5-6H,3-4H2,1-2H3,(H,13,14). The van der Waals surface area contributed by atoms with E-state index in [0.717, 1.165) is 16.7 Å². The number of aliphatic carboxylic acids is 1. The number of amides is 2. The highest BCUT2D eigenvalue weighted by Gasteiger charge is 2.38. The number of hydrogen-bond acceptors (Lipinski definition) is 4. The summed E-state index contributed by atoms with van der Waals surface area (Å²) in [5.41, 5.74) is 0. The second-order valence-corrected chi connectivity index (χ2v) is 4.77. The number of carbonyl (C=O) groups is 3. The molecule has 1 heterocycles. The monoisotopic (exact) mass is 231 g/mol. The molecule has 0 saturated carbocycles. The lowest BCUT2D eigenvalue weighted by Crippen LogP contribution is -2.28. The molecule has 1 rings (SSSR count). The van der Waals surface area contributed by atoms with E-state index in [2.05, 4.69) is 0 Å². The number of carboxylic acid groups (broad SMARTS) is 1. The van der Waals surface area contributed by atoms with Crippen LogP contribution in [0.25, 0.3) is 0 Å². The van der Waals surface area contributed by atoms with Gasteiger partial charge in [-0.05, 0) is 6.42 Å². The topological polar surface area (TPSA) is 74.7 Å². The largest absolute Gasteiger partial charge is 0.480 e. The maximum atomic E-state index is 11.5. The number of nitrogens with zero attached hydrogens (tertiary/aromatic N) is 1. The van der Waals surface area contributed by atoms with Gasteiger partial charge in [0.15, 0.2) is 0 Å². The molecule has 2 unspecified atom stereocenters. The molecule has 1 aliphatic heterocycles. The molecule has 0 aromatic heterocycles. The van der Waals surface area contributed by atoms with Crippen LogP contribution in [0.1, 0.15) is 19.8 Å².